The Kier molecular flexibility index (Phi) is 4.11. The minimum absolute atomic E-state index is 0.0249. The summed E-state index contributed by atoms with van der Waals surface area (Å²) in [5, 5.41) is 0.551. The van der Waals surface area contributed by atoms with Gasteiger partial charge in [-0.3, -0.25) is 0 Å². The van der Waals surface area contributed by atoms with Gasteiger partial charge >= 0.3 is 0 Å². The minimum Gasteiger partial charge on any atom is -0.207 e. The maximum Gasteiger partial charge on any atom is 0.240 e. The Balaban J connectivity index is 2.24. The molecule has 0 radical (unpaired) electrons. The molecular formula is C12H14Cl3NO2S. The van der Waals surface area contributed by atoms with E-state index in [0.29, 0.717) is 6.42 Å². The summed E-state index contributed by atoms with van der Waals surface area (Å²) in [5.74, 6) is 0. The lowest BCUT2D eigenvalue weighted by atomic mass is 9.67. The van der Waals surface area contributed by atoms with Crippen molar-refractivity contribution in [2.75, 3.05) is 0 Å². The fourth-order valence-corrected chi connectivity index (χ4v) is 4.47. The van der Waals surface area contributed by atoms with Gasteiger partial charge in [0.1, 0.15) is 0 Å². The molecule has 19 heavy (non-hydrogen) atoms. The third-order valence-electron chi connectivity index (χ3n) is 3.59. The molecule has 0 bridgehead atoms. The molecular weight excluding hydrogens is 329 g/mol. The third-order valence-corrected chi connectivity index (χ3v) is 6.22. The second-order valence-corrected chi connectivity index (χ2v) is 8.42. The SMILES string of the molecule is CC1(C)C(Cl)CC1NS(=O)(=O)c1cc(Cl)cc(Cl)c1. The van der Waals surface area contributed by atoms with Gasteiger partial charge in [-0.05, 0) is 30.0 Å². The van der Waals surface area contributed by atoms with Crippen molar-refractivity contribution in [2.24, 2.45) is 5.41 Å². The van der Waals surface area contributed by atoms with E-state index in [2.05, 4.69) is 4.72 Å². The largest absolute Gasteiger partial charge is 0.240 e. The molecule has 0 spiro atoms. The second-order valence-electron chi connectivity index (χ2n) is 5.30. The summed E-state index contributed by atoms with van der Waals surface area (Å²) in [6, 6.07) is 4.06. The molecule has 1 aliphatic carbocycles. The summed E-state index contributed by atoms with van der Waals surface area (Å²) in [7, 11) is -3.64. The highest BCUT2D eigenvalue weighted by Crippen LogP contribution is 2.44. The van der Waals surface area contributed by atoms with Gasteiger partial charge in [-0.15, -0.1) is 11.6 Å². The molecule has 3 nitrogen and oxygen atoms in total. The molecule has 7 heteroatoms. The highest BCUT2D eigenvalue weighted by molar-refractivity contribution is 7.89. The van der Waals surface area contributed by atoms with Gasteiger partial charge in [-0.1, -0.05) is 37.0 Å². The van der Waals surface area contributed by atoms with E-state index in [4.69, 9.17) is 34.8 Å². The first-order valence-corrected chi connectivity index (χ1v) is 8.43. The van der Waals surface area contributed by atoms with Gasteiger partial charge < -0.3 is 0 Å². The first-order valence-electron chi connectivity index (χ1n) is 5.75. The minimum atomic E-state index is -3.64. The predicted molar refractivity (Wildman–Crippen MR) is 78.6 cm³/mol. The molecule has 2 rings (SSSR count). The van der Waals surface area contributed by atoms with Crippen molar-refractivity contribution < 1.29 is 8.42 Å². The van der Waals surface area contributed by atoms with Crippen LogP contribution in [0, 0.1) is 5.41 Å². The number of hydrogen-bond acceptors (Lipinski definition) is 2. The van der Waals surface area contributed by atoms with Gasteiger partial charge in [0.2, 0.25) is 10.0 Å². The van der Waals surface area contributed by atoms with Crippen molar-refractivity contribution >= 4 is 44.8 Å². The molecule has 0 amide bonds. The van der Waals surface area contributed by atoms with Crippen LogP contribution in [0.4, 0.5) is 0 Å². The molecule has 106 valence electrons. The summed E-state index contributed by atoms with van der Waals surface area (Å²) in [4.78, 5) is 0.0684. The van der Waals surface area contributed by atoms with E-state index in [1.165, 1.54) is 18.2 Å². The first-order chi connectivity index (χ1) is 8.63. The van der Waals surface area contributed by atoms with E-state index in [1.54, 1.807) is 0 Å². The number of rotatable bonds is 3. The van der Waals surface area contributed by atoms with Gasteiger partial charge in [0.25, 0.3) is 0 Å². The smallest absolute Gasteiger partial charge is 0.207 e. The average Bonchev–Trinajstić information content (AvgIpc) is 2.27. The number of alkyl halides is 1. The van der Waals surface area contributed by atoms with Crippen LogP contribution in [0.25, 0.3) is 0 Å². The van der Waals surface area contributed by atoms with E-state index in [-0.39, 0.29) is 31.8 Å². The Morgan fingerprint density at radius 1 is 1.21 bits per heavy atom. The lowest BCUT2D eigenvalue weighted by Crippen LogP contribution is -2.59. The number of sulfonamides is 1. The van der Waals surface area contributed by atoms with Crippen LogP contribution in [0.15, 0.2) is 23.1 Å². The lowest BCUT2D eigenvalue weighted by molar-refractivity contribution is 0.137. The van der Waals surface area contributed by atoms with E-state index < -0.39 is 10.0 Å². The fourth-order valence-electron chi connectivity index (χ4n) is 2.01. The van der Waals surface area contributed by atoms with Crippen LogP contribution in [0.2, 0.25) is 10.0 Å². The van der Waals surface area contributed by atoms with Crippen LogP contribution in [0.3, 0.4) is 0 Å². The van der Waals surface area contributed by atoms with Gasteiger partial charge in [-0.2, -0.15) is 0 Å². The monoisotopic (exact) mass is 341 g/mol. The molecule has 1 aromatic carbocycles. The van der Waals surface area contributed by atoms with Gasteiger partial charge in [0.05, 0.1) is 4.90 Å². The van der Waals surface area contributed by atoms with Crippen molar-refractivity contribution in [1.82, 2.24) is 4.72 Å². The number of nitrogens with one attached hydrogen (secondary N) is 1. The molecule has 1 N–H and O–H groups in total. The highest BCUT2D eigenvalue weighted by Gasteiger charge is 2.48. The van der Waals surface area contributed by atoms with Crippen LogP contribution < -0.4 is 4.72 Å². The molecule has 2 unspecified atom stereocenters. The lowest BCUT2D eigenvalue weighted by Gasteiger charge is -2.48. The van der Waals surface area contributed by atoms with Crippen molar-refractivity contribution in [3.63, 3.8) is 0 Å². The van der Waals surface area contributed by atoms with Crippen LogP contribution in [0.5, 0.6) is 0 Å². The molecule has 0 aromatic heterocycles. The summed E-state index contributed by atoms with van der Waals surface area (Å²) < 4.78 is 27.2. The second kappa shape index (κ2) is 5.08. The maximum absolute atomic E-state index is 12.3. The molecule has 0 saturated heterocycles. The van der Waals surface area contributed by atoms with Crippen LogP contribution in [-0.2, 0) is 10.0 Å². The van der Waals surface area contributed by atoms with Gasteiger partial charge in [-0.25, -0.2) is 13.1 Å². The maximum atomic E-state index is 12.3. The molecule has 1 saturated carbocycles. The zero-order chi connectivity index (χ0) is 14.4. The van der Waals surface area contributed by atoms with Crippen LogP contribution in [0.1, 0.15) is 20.3 Å². The highest BCUT2D eigenvalue weighted by atomic mass is 35.5. The van der Waals surface area contributed by atoms with Crippen molar-refractivity contribution in [2.45, 2.75) is 36.6 Å². The van der Waals surface area contributed by atoms with E-state index >= 15 is 0 Å². The van der Waals surface area contributed by atoms with E-state index in [1.807, 2.05) is 13.8 Å². The summed E-state index contributed by atoms with van der Waals surface area (Å²) in [6.07, 6.45) is 0.613. The Hall–Kier alpha value is -0.000000000000000111. The van der Waals surface area contributed by atoms with E-state index in [0.717, 1.165) is 0 Å². The first kappa shape index (κ1) is 15.4. The molecule has 1 aromatic rings. The van der Waals surface area contributed by atoms with Crippen molar-refractivity contribution in [3.8, 4) is 0 Å². The fraction of sp³-hybridized carbons (Fsp3) is 0.500. The third kappa shape index (κ3) is 3.03. The number of benzene rings is 1. The quantitative estimate of drug-likeness (QED) is 0.852. The van der Waals surface area contributed by atoms with Crippen molar-refractivity contribution in [1.29, 1.82) is 0 Å². The molecule has 1 aliphatic rings. The Bertz CT molecular complexity index is 581. The summed E-state index contributed by atoms with van der Waals surface area (Å²) in [6.45, 7) is 3.87. The normalized spacial score (nSPS) is 25.9. The Morgan fingerprint density at radius 2 is 1.74 bits per heavy atom. The van der Waals surface area contributed by atoms with Crippen molar-refractivity contribution in [3.05, 3.63) is 28.2 Å². The summed E-state index contributed by atoms with van der Waals surface area (Å²) in [5.41, 5.74) is -0.267. The molecule has 1 fully saturated rings. The number of hydrogen-bond donors (Lipinski definition) is 1. The van der Waals surface area contributed by atoms with Crippen LogP contribution in [-0.4, -0.2) is 19.8 Å². The average molecular weight is 343 g/mol. The predicted octanol–water partition coefficient (Wildman–Crippen LogP) is 3.68. The summed E-state index contributed by atoms with van der Waals surface area (Å²) >= 11 is 17.7. The Morgan fingerprint density at radius 3 is 2.16 bits per heavy atom. The van der Waals surface area contributed by atoms with Gasteiger partial charge in [0.15, 0.2) is 0 Å². The zero-order valence-electron chi connectivity index (χ0n) is 10.5. The Labute approximate surface area is 128 Å². The van der Waals surface area contributed by atoms with Crippen LogP contribution >= 0.6 is 34.8 Å². The molecule has 2 atom stereocenters. The molecule has 0 heterocycles. The standard InChI is InChI=1S/C12H14Cl3NO2S/c1-12(2)10(15)6-11(12)16-19(17,18)9-4-7(13)3-8(14)5-9/h3-5,10-11,16H,6H2,1-2H3. The zero-order valence-corrected chi connectivity index (χ0v) is 13.5. The van der Waals surface area contributed by atoms with Gasteiger partial charge in [0, 0.05) is 21.5 Å². The number of halogens is 3. The topological polar surface area (TPSA) is 46.2 Å². The van der Waals surface area contributed by atoms with E-state index in [9.17, 15) is 8.42 Å². The molecule has 0 aliphatic heterocycles.